The Hall–Kier alpha value is -7.56. The van der Waals surface area contributed by atoms with Crippen molar-refractivity contribution in [1.82, 2.24) is 0 Å². The zero-order valence-corrected chi connectivity index (χ0v) is 47.9. The third-order valence-corrected chi connectivity index (χ3v) is 17.1. The van der Waals surface area contributed by atoms with Gasteiger partial charge in [-0.1, -0.05) is 212 Å². The van der Waals surface area contributed by atoms with Gasteiger partial charge in [0.15, 0.2) is 0 Å². The molecule has 0 atom stereocenters. The Labute approximate surface area is 460 Å². The average molecular weight is 1000 g/mol. The van der Waals surface area contributed by atoms with Gasteiger partial charge in [0.1, 0.15) is 0 Å². The number of fused-ring (bicyclic) bond motifs is 7. The molecule has 0 saturated heterocycles. The van der Waals surface area contributed by atoms with Crippen LogP contribution in [0.1, 0.15) is 130 Å². The quantitative estimate of drug-likeness (QED) is 0.154. The van der Waals surface area contributed by atoms with Crippen LogP contribution in [0.4, 0.5) is 51.2 Å². The van der Waals surface area contributed by atoms with E-state index in [0.29, 0.717) is 0 Å². The zero-order chi connectivity index (χ0) is 54.1. The molecule has 0 saturated carbocycles. The molecule has 0 unspecified atom stereocenters. The third-order valence-electron chi connectivity index (χ3n) is 17.1. The Kier molecular flexibility index (Phi) is 11.6. The first-order valence-corrected chi connectivity index (χ1v) is 27.9. The van der Waals surface area contributed by atoms with Gasteiger partial charge in [0.05, 0.1) is 0 Å². The monoisotopic (exact) mass is 1000 g/mol. The molecular formula is C73H74BN3. The van der Waals surface area contributed by atoms with Crippen molar-refractivity contribution in [3.8, 4) is 22.3 Å². The maximum atomic E-state index is 2.64. The lowest BCUT2D eigenvalue weighted by Gasteiger charge is -2.45. The van der Waals surface area contributed by atoms with Crippen molar-refractivity contribution >= 4 is 74.3 Å². The van der Waals surface area contributed by atoms with Crippen molar-refractivity contribution in [1.29, 1.82) is 0 Å². The molecule has 77 heavy (non-hydrogen) atoms. The van der Waals surface area contributed by atoms with Crippen LogP contribution in [0.25, 0.3) is 22.3 Å². The van der Waals surface area contributed by atoms with Gasteiger partial charge in [0, 0.05) is 56.6 Å². The molecule has 0 spiro atoms. The molecule has 0 N–H and O–H groups in total. The number of rotatable bonds is 6. The van der Waals surface area contributed by atoms with Gasteiger partial charge < -0.3 is 14.7 Å². The van der Waals surface area contributed by atoms with Crippen molar-refractivity contribution in [2.75, 3.05) is 14.7 Å². The predicted molar refractivity (Wildman–Crippen MR) is 333 cm³/mol. The molecule has 12 rings (SSSR count). The Bertz CT molecular complexity index is 3690. The van der Waals surface area contributed by atoms with Crippen molar-refractivity contribution in [3.63, 3.8) is 0 Å². The van der Waals surface area contributed by atoms with Crippen molar-refractivity contribution in [3.05, 3.63) is 228 Å². The predicted octanol–water partition coefficient (Wildman–Crippen LogP) is 18.4. The van der Waals surface area contributed by atoms with E-state index >= 15 is 0 Å². The van der Waals surface area contributed by atoms with Gasteiger partial charge in [0.25, 0.3) is 6.71 Å². The summed E-state index contributed by atoms with van der Waals surface area (Å²) in [5.41, 5.74) is 27.2. The van der Waals surface area contributed by atoms with Gasteiger partial charge in [-0.05, 0) is 173 Å². The van der Waals surface area contributed by atoms with E-state index in [1.54, 1.807) is 0 Å². The molecule has 2 heterocycles. The van der Waals surface area contributed by atoms with Gasteiger partial charge in [-0.25, -0.2) is 0 Å². The first-order chi connectivity index (χ1) is 36.5. The number of benzene rings is 9. The standard InChI is InChI=1S/C73H74BN3/c1-69(2,3)49-25-31-53(32-26-49)75(54-33-27-50(28-34-54)70(4,5)6)57-38-40-62-65(46-57)77(56-37-39-59-58-22-18-19-23-60(58)73(13,14)61(59)45-56)67-44-52(72(10,11)12)43-66-68(67)74(62)63-42-48(47-20-16-15-17-21-47)24-41-64(63)76(66)55-35-29-51(30-36-55)71(7,8)9/h15-46H,1-14H3. The second kappa shape index (κ2) is 17.7. The summed E-state index contributed by atoms with van der Waals surface area (Å²) in [5, 5.41) is 0. The summed E-state index contributed by atoms with van der Waals surface area (Å²) in [5.74, 6) is 0. The summed E-state index contributed by atoms with van der Waals surface area (Å²) in [6.07, 6.45) is 0. The van der Waals surface area contributed by atoms with Crippen LogP contribution in [0.15, 0.2) is 194 Å². The topological polar surface area (TPSA) is 9.72 Å². The molecule has 0 fully saturated rings. The van der Waals surface area contributed by atoms with Crippen LogP contribution in [0, 0.1) is 0 Å². The lowest BCUT2D eigenvalue weighted by Crippen LogP contribution is -2.61. The highest BCUT2D eigenvalue weighted by Crippen LogP contribution is 2.53. The van der Waals surface area contributed by atoms with Crippen LogP contribution in [-0.2, 0) is 27.1 Å². The van der Waals surface area contributed by atoms with Crippen LogP contribution < -0.4 is 31.1 Å². The third kappa shape index (κ3) is 8.51. The van der Waals surface area contributed by atoms with Crippen molar-refractivity contribution < 1.29 is 0 Å². The van der Waals surface area contributed by atoms with Gasteiger partial charge in [-0.2, -0.15) is 0 Å². The summed E-state index contributed by atoms with van der Waals surface area (Å²) < 4.78 is 0. The Balaban J connectivity index is 1.16. The highest BCUT2D eigenvalue weighted by atomic mass is 15.2. The van der Waals surface area contributed by atoms with Gasteiger partial charge >= 0.3 is 0 Å². The van der Waals surface area contributed by atoms with Crippen molar-refractivity contribution in [2.45, 2.75) is 124 Å². The zero-order valence-electron chi connectivity index (χ0n) is 47.9. The van der Waals surface area contributed by atoms with E-state index in [9.17, 15) is 0 Å². The van der Waals surface area contributed by atoms with Gasteiger partial charge in [-0.3, -0.25) is 0 Å². The van der Waals surface area contributed by atoms with E-state index in [-0.39, 0.29) is 33.8 Å². The van der Waals surface area contributed by atoms with Crippen LogP contribution in [0.3, 0.4) is 0 Å². The first kappa shape index (κ1) is 50.3. The fourth-order valence-corrected chi connectivity index (χ4v) is 12.5. The van der Waals surface area contributed by atoms with E-state index in [0.717, 1.165) is 28.4 Å². The summed E-state index contributed by atoms with van der Waals surface area (Å²) in [6, 6.07) is 74.8. The molecule has 2 aliphatic heterocycles. The molecule has 3 aliphatic rings. The first-order valence-electron chi connectivity index (χ1n) is 27.9. The molecule has 0 bridgehead atoms. The smallest absolute Gasteiger partial charge is 0.252 e. The minimum absolute atomic E-state index is 0.0233. The molecule has 4 heteroatoms. The highest BCUT2D eigenvalue weighted by Gasteiger charge is 2.45. The van der Waals surface area contributed by atoms with E-state index in [1.807, 2.05) is 0 Å². The fourth-order valence-electron chi connectivity index (χ4n) is 12.5. The number of nitrogens with zero attached hydrogens (tertiary/aromatic N) is 3. The second-order valence-electron chi connectivity index (χ2n) is 26.8. The Morgan fingerprint density at radius 2 is 0.844 bits per heavy atom. The van der Waals surface area contributed by atoms with Crippen molar-refractivity contribution in [2.24, 2.45) is 0 Å². The van der Waals surface area contributed by atoms with Gasteiger partial charge in [-0.15, -0.1) is 0 Å². The molecule has 9 aromatic rings. The lowest BCUT2D eigenvalue weighted by atomic mass is 9.33. The number of hydrogen-bond acceptors (Lipinski definition) is 3. The molecule has 0 amide bonds. The van der Waals surface area contributed by atoms with Gasteiger partial charge in [0.2, 0.25) is 0 Å². The summed E-state index contributed by atoms with van der Waals surface area (Å²) in [4.78, 5) is 7.68. The summed E-state index contributed by atoms with van der Waals surface area (Å²) >= 11 is 0. The normalized spacial score (nSPS) is 14.4. The second-order valence-corrected chi connectivity index (χ2v) is 26.8. The van der Waals surface area contributed by atoms with E-state index in [4.69, 9.17) is 0 Å². The fraction of sp³-hybridized carbons (Fsp3) is 0.260. The van der Waals surface area contributed by atoms with Crippen LogP contribution >= 0.6 is 0 Å². The minimum atomic E-state index is -0.185. The molecule has 3 nitrogen and oxygen atoms in total. The van der Waals surface area contributed by atoms with E-state index in [1.165, 1.54) is 94.8 Å². The minimum Gasteiger partial charge on any atom is -0.311 e. The Morgan fingerprint density at radius 1 is 0.351 bits per heavy atom. The maximum Gasteiger partial charge on any atom is 0.252 e. The molecule has 9 aromatic carbocycles. The molecule has 1 aliphatic carbocycles. The SMILES string of the molecule is CC(C)(C)c1ccc(N(c2ccc(C(C)(C)C)cc2)c2ccc3c(c2)N(c2ccc4c(c2)C(C)(C)c2ccccc2-4)c2cc(C(C)(C)C)cc4c2B3c2cc(-c3ccccc3)ccc2N4c2ccc(C(C)(C)C)cc2)cc1. The largest absolute Gasteiger partial charge is 0.311 e. The number of hydrogen-bond donors (Lipinski definition) is 0. The average Bonchev–Trinajstić information content (AvgIpc) is 3.84. The highest BCUT2D eigenvalue weighted by molar-refractivity contribution is 7.00. The summed E-state index contributed by atoms with van der Waals surface area (Å²) in [6.45, 7) is 32.5. The summed E-state index contributed by atoms with van der Waals surface area (Å²) in [7, 11) is 0. The number of anilines is 9. The van der Waals surface area contributed by atoms with E-state index in [2.05, 4.69) is 306 Å². The Morgan fingerprint density at radius 3 is 1.42 bits per heavy atom. The lowest BCUT2D eigenvalue weighted by molar-refractivity contribution is 0.590. The van der Waals surface area contributed by atoms with Crippen LogP contribution in [0.2, 0.25) is 0 Å². The van der Waals surface area contributed by atoms with Crippen LogP contribution in [0.5, 0.6) is 0 Å². The van der Waals surface area contributed by atoms with Crippen LogP contribution in [-0.4, -0.2) is 6.71 Å². The maximum absolute atomic E-state index is 2.64. The molecular weight excluding hydrogens is 930 g/mol. The molecule has 0 aromatic heterocycles. The molecule has 0 radical (unpaired) electrons. The van der Waals surface area contributed by atoms with E-state index < -0.39 is 0 Å². The molecule has 384 valence electrons.